The largest absolute Gasteiger partial charge is 0.460 e. The van der Waals surface area contributed by atoms with Crippen molar-refractivity contribution in [2.45, 2.75) is 35.1 Å². The molecule has 0 atom stereocenters. The third-order valence-corrected chi connectivity index (χ3v) is 5.41. The van der Waals surface area contributed by atoms with Crippen LogP contribution in [-0.2, 0) is 10.0 Å². The summed E-state index contributed by atoms with van der Waals surface area (Å²) in [7, 11) is -7.32. The first-order valence-corrected chi connectivity index (χ1v) is 9.33. The smallest absolute Gasteiger partial charge is 0.316 e. The molecule has 1 aromatic heterocycles. The average molecular weight is 526 g/mol. The van der Waals surface area contributed by atoms with Gasteiger partial charge in [0.2, 0.25) is 15.5 Å². The molecule has 0 radical (unpaired) electrons. The van der Waals surface area contributed by atoms with E-state index >= 15 is 0 Å². The molecule has 2 rings (SSSR count). The highest BCUT2D eigenvalue weighted by Gasteiger charge is 2.92. The van der Waals surface area contributed by atoms with Crippen molar-refractivity contribution in [3.8, 4) is 0 Å². The van der Waals surface area contributed by atoms with Gasteiger partial charge in [-0.3, -0.25) is 0 Å². The van der Waals surface area contributed by atoms with Crippen LogP contribution in [0.3, 0.4) is 0 Å². The van der Waals surface area contributed by atoms with Gasteiger partial charge in [-0.2, -0.15) is 57.1 Å². The maximum atomic E-state index is 14.0. The highest BCUT2D eigenvalue weighted by atomic mass is 32.2. The van der Waals surface area contributed by atoms with Crippen LogP contribution < -0.4 is 4.68 Å². The molecular weight excluding hydrogens is 519 g/mol. The second kappa shape index (κ2) is 7.49. The lowest BCUT2D eigenvalue weighted by Crippen LogP contribution is -2.71. The predicted octanol–water partition coefficient (Wildman–Crippen LogP) is 5.29. The summed E-state index contributed by atoms with van der Waals surface area (Å²) in [6.07, 6.45) is -7.08. The Kier molecular flexibility index (Phi) is 6.07. The molecule has 33 heavy (non-hydrogen) atoms. The minimum absolute atomic E-state index is 0.0238. The Hall–Kier alpha value is -2.53. The highest BCUT2D eigenvalue weighted by Crippen LogP contribution is 2.61. The fourth-order valence-electron chi connectivity index (χ4n) is 2.30. The summed E-state index contributed by atoms with van der Waals surface area (Å²) < 4.78 is 194. The molecule has 0 N–H and O–H groups in total. The Morgan fingerprint density at radius 2 is 1.09 bits per heavy atom. The molecule has 0 saturated carbocycles. The number of halogens is 13. The Balaban J connectivity index is 2.60. The zero-order chi connectivity index (χ0) is 25.9. The van der Waals surface area contributed by atoms with Crippen molar-refractivity contribution >= 4 is 20.9 Å². The second-order valence-corrected chi connectivity index (χ2v) is 7.91. The maximum absolute atomic E-state index is 14.0. The minimum atomic E-state index is -8.24. The van der Waals surface area contributed by atoms with Crippen molar-refractivity contribution in [2.75, 3.05) is 0 Å². The van der Waals surface area contributed by atoms with E-state index in [1.165, 1.54) is 18.2 Å². The Morgan fingerprint density at radius 3 is 1.61 bits per heavy atom. The number of nitrogens with zero attached hydrogens (tertiary/aromatic N) is 2. The van der Waals surface area contributed by atoms with Crippen LogP contribution in [0.4, 0.5) is 57.1 Å². The van der Waals surface area contributed by atoms with E-state index in [1.54, 1.807) is 0 Å². The Bertz CT molecular complexity index is 1140. The van der Waals surface area contributed by atoms with Crippen molar-refractivity contribution in [3.05, 3.63) is 47.4 Å². The Labute approximate surface area is 174 Å². The Morgan fingerprint density at radius 1 is 0.636 bits per heavy atom. The van der Waals surface area contributed by atoms with E-state index in [9.17, 15) is 65.5 Å². The summed E-state index contributed by atoms with van der Waals surface area (Å²) in [6, 6.07) is 6.79. The molecule has 0 unspecified atom stereocenters. The van der Waals surface area contributed by atoms with Crippen LogP contribution in [0.25, 0.3) is 15.7 Å². The van der Waals surface area contributed by atoms with E-state index < -0.39 is 50.7 Å². The first kappa shape index (κ1) is 26.7. The molecule has 0 aliphatic carbocycles. The van der Waals surface area contributed by atoms with Crippen molar-refractivity contribution in [2.24, 2.45) is 0 Å². The fraction of sp³-hybridized carbons (Fsp3) is 0.400. The van der Waals surface area contributed by atoms with E-state index in [-0.39, 0.29) is 10.1 Å². The van der Waals surface area contributed by atoms with Crippen LogP contribution in [-0.4, -0.2) is 43.5 Å². The van der Waals surface area contributed by atoms with Gasteiger partial charge in [-0.25, -0.2) is 13.1 Å². The first-order chi connectivity index (χ1) is 14.6. The summed E-state index contributed by atoms with van der Waals surface area (Å²) in [4.78, 5) is 2.13. The van der Waals surface area contributed by atoms with Crippen LogP contribution in [0.15, 0.2) is 42.6 Å². The number of sulfonamides is 1. The van der Waals surface area contributed by atoms with E-state index in [0.29, 0.717) is 6.20 Å². The molecule has 1 heterocycles. The lowest BCUT2D eigenvalue weighted by atomic mass is 9.98. The average Bonchev–Trinajstić information content (AvgIpc) is 2.66. The van der Waals surface area contributed by atoms with Gasteiger partial charge in [0.25, 0.3) is 0 Å². The van der Waals surface area contributed by atoms with E-state index in [2.05, 4.69) is 4.83 Å². The molecule has 0 saturated heterocycles. The van der Waals surface area contributed by atoms with Gasteiger partial charge in [-0.1, -0.05) is 12.1 Å². The predicted molar refractivity (Wildman–Crippen MR) is 82.6 cm³/mol. The van der Waals surface area contributed by atoms with Gasteiger partial charge < -0.3 is 4.83 Å². The summed E-state index contributed by atoms with van der Waals surface area (Å²) >= 11 is 0. The van der Waals surface area contributed by atoms with Gasteiger partial charge >= 0.3 is 35.1 Å². The third-order valence-electron chi connectivity index (χ3n) is 4.11. The van der Waals surface area contributed by atoms with Crippen molar-refractivity contribution in [1.29, 1.82) is 0 Å². The normalized spacial score (nSPS) is 15.1. The topological polar surface area (TPSA) is 52.1 Å². The van der Waals surface area contributed by atoms with Gasteiger partial charge in [-0.15, -0.1) is 0 Å². The standard InChI is InChI=1S/C15H7F13N2O2S/c16-10(17,12(20,21)14(24,25)26)11(18,19)13(22,23)15(27,28)33(31,32)29-30-7-3-5-8-4-1-2-6-9(8)30/h1-7H. The van der Waals surface area contributed by atoms with Crippen LogP contribution >= 0.6 is 0 Å². The molecule has 0 aliphatic heterocycles. The number of benzene rings is 1. The van der Waals surface area contributed by atoms with Gasteiger partial charge in [-0.05, 0) is 12.1 Å². The summed E-state index contributed by atoms with van der Waals surface area (Å²) in [5.41, 5.74) is -0.414. The number of aromatic nitrogens is 1. The quantitative estimate of drug-likeness (QED) is 0.364. The number of hydrogen-bond acceptors (Lipinski definition) is 2. The van der Waals surface area contributed by atoms with Gasteiger partial charge in [0, 0.05) is 17.5 Å². The fourth-order valence-corrected chi connectivity index (χ4v) is 3.23. The third kappa shape index (κ3) is 3.71. The monoisotopic (exact) mass is 526 g/mol. The SMILES string of the molecule is O=S(=O)([N-][n+]1cccc2ccccc21)C(F)(F)C(F)(F)C(F)(F)C(F)(F)C(F)(F)C(F)(F)F. The lowest BCUT2D eigenvalue weighted by Gasteiger charge is -2.40. The second-order valence-electron chi connectivity index (χ2n) is 6.28. The molecule has 18 heteroatoms. The highest BCUT2D eigenvalue weighted by molar-refractivity contribution is 7.94. The van der Waals surface area contributed by atoms with Gasteiger partial charge in [0.05, 0.1) is 0 Å². The zero-order valence-electron chi connectivity index (χ0n) is 15.1. The van der Waals surface area contributed by atoms with Crippen LogP contribution in [0.5, 0.6) is 0 Å². The number of alkyl halides is 13. The first-order valence-electron chi connectivity index (χ1n) is 7.89. The summed E-state index contributed by atoms with van der Waals surface area (Å²) in [5.74, 6) is -32.4. The zero-order valence-corrected chi connectivity index (χ0v) is 15.9. The molecule has 1 aromatic carbocycles. The van der Waals surface area contributed by atoms with Gasteiger partial charge in [0.15, 0.2) is 6.20 Å². The molecule has 0 bridgehead atoms. The lowest BCUT2D eigenvalue weighted by molar-refractivity contribution is -0.586. The van der Waals surface area contributed by atoms with Crippen molar-refractivity contribution in [1.82, 2.24) is 0 Å². The minimum Gasteiger partial charge on any atom is -0.316 e. The van der Waals surface area contributed by atoms with Crippen molar-refractivity contribution in [3.63, 3.8) is 0 Å². The molecule has 0 fully saturated rings. The molecule has 0 amide bonds. The van der Waals surface area contributed by atoms with Crippen LogP contribution in [0.1, 0.15) is 0 Å². The number of hydrogen-bond donors (Lipinski definition) is 0. The molecule has 0 spiro atoms. The van der Waals surface area contributed by atoms with Crippen LogP contribution in [0.2, 0.25) is 0 Å². The molecule has 0 aliphatic rings. The molecule has 186 valence electrons. The number of fused-ring (bicyclic) bond motifs is 1. The number of rotatable bonds is 7. The van der Waals surface area contributed by atoms with Gasteiger partial charge in [0.1, 0.15) is 0 Å². The molecule has 2 aromatic rings. The summed E-state index contributed by atoms with van der Waals surface area (Å²) in [5, 5.41) is -7.37. The van der Waals surface area contributed by atoms with Crippen LogP contribution in [0, 0.1) is 0 Å². The maximum Gasteiger partial charge on any atom is 0.460 e. The van der Waals surface area contributed by atoms with E-state index in [1.807, 2.05) is 0 Å². The number of pyridine rings is 1. The molecular formula is C15H7F13N2O2S. The van der Waals surface area contributed by atoms with Crippen molar-refractivity contribution < 1.29 is 70.2 Å². The number of para-hydroxylation sites is 1. The van der Waals surface area contributed by atoms with E-state index in [4.69, 9.17) is 0 Å². The molecule has 4 nitrogen and oxygen atoms in total. The summed E-state index contributed by atoms with van der Waals surface area (Å²) in [6.45, 7) is 0. The van der Waals surface area contributed by atoms with E-state index in [0.717, 1.165) is 18.2 Å².